The molecule has 0 spiro atoms. The number of benzene rings is 2. The van der Waals surface area contributed by atoms with Crippen molar-refractivity contribution >= 4 is 16.0 Å². The van der Waals surface area contributed by atoms with E-state index in [9.17, 15) is 22.7 Å². The first-order valence-corrected chi connectivity index (χ1v) is 10.1. The van der Waals surface area contributed by atoms with Gasteiger partial charge in [0.1, 0.15) is 5.82 Å². The van der Waals surface area contributed by atoms with Gasteiger partial charge in [-0.3, -0.25) is 4.90 Å². The zero-order chi connectivity index (χ0) is 19.4. The number of hydrogen-bond donors (Lipinski definition) is 2. The molecule has 144 valence electrons. The van der Waals surface area contributed by atoms with Gasteiger partial charge in [-0.1, -0.05) is 24.3 Å². The van der Waals surface area contributed by atoms with E-state index in [1.165, 1.54) is 18.2 Å². The van der Waals surface area contributed by atoms with Crippen LogP contribution in [0.25, 0.3) is 0 Å². The van der Waals surface area contributed by atoms with Crippen LogP contribution in [0.2, 0.25) is 0 Å². The van der Waals surface area contributed by atoms with Gasteiger partial charge in [-0.15, -0.1) is 0 Å². The fraction of sp³-hybridized carbons (Fsp3) is 0.316. The van der Waals surface area contributed by atoms with Gasteiger partial charge in [0.15, 0.2) is 0 Å². The van der Waals surface area contributed by atoms with E-state index in [0.717, 1.165) is 19.0 Å². The lowest BCUT2D eigenvalue weighted by Crippen LogP contribution is -2.47. The number of nitrogens with one attached hydrogen (secondary N) is 1. The summed E-state index contributed by atoms with van der Waals surface area (Å²) in [6.45, 7) is 1.65. The summed E-state index contributed by atoms with van der Waals surface area (Å²) in [5.41, 5.74) is 0.943. The second-order valence-electron chi connectivity index (χ2n) is 6.62. The molecule has 0 amide bonds. The Bertz CT molecular complexity index is 933. The Morgan fingerprint density at radius 3 is 2.74 bits per heavy atom. The average Bonchev–Trinajstić information content (AvgIpc) is 2.62. The van der Waals surface area contributed by atoms with Crippen LogP contribution in [-0.2, 0) is 16.6 Å². The van der Waals surface area contributed by atoms with Crippen LogP contribution in [0.5, 0.6) is 0 Å². The quantitative estimate of drug-likeness (QED) is 0.789. The van der Waals surface area contributed by atoms with Crippen molar-refractivity contribution in [2.24, 2.45) is 0 Å². The van der Waals surface area contributed by atoms with Gasteiger partial charge in [-0.05, 0) is 49.2 Å². The number of hydrogen-bond acceptors (Lipinski definition) is 4. The topological polar surface area (TPSA) is 86.7 Å². The summed E-state index contributed by atoms with van der Waals surface area (Å²) in [5.74, 6) is -1.58. The van der Waals surface area contributed by atoms with E-state index in [2.05, 4.69) is 4.72 Å². The van der Waals surface area contributed by atoms with Crippen molar-refractivity contribution in [2.75, 3.05) is 13.1 Å². The SMILES string of the molecule is O=C(O)c1ccccc1CN1CCC[C@H](NS(=O)(=O)c2cccc(F)c2)C1. The minimum Gasteiger partial charge on any atom is -0.478 e. The summed E-state index contributed by atoms with van der Waals surface area (Å²) in [7, 11) is -3.81. The third-order valence-electron chi connectivity index (χ3n) is 4.58. The molecule has 0 aromatic heterocycles. The number of carboxylic acid groups (broad SMARTS) is 1. The Kier molecular flexibility index (Phi) is 5.88. The van der Waals surface area contributed by atoms with Crippen LogP contribution in [0.1, 0.15) is 28.8 Å². The fourth-order valence-corrected chi connectivity index (χ4v) is 4.62. The first-order chi connectivity index (χ1) is 12.8. The molecular weight excluding hydrogens is 371 g/mol. The lowest BCUT2D eigenvalue weighted by molar-refractivity contribution is 0.0694. The third-order valence-corrected chi connectivity index (χ3v) is 6.09. The molecule has 0 unspecified atom stereocenters. The lowest BCUT2D eigenvalue weighted by Gasteiger charge is -2.33. The van der Waals surface area contributed by atoms with E-state index < -0.39 is 21.8 Å². The monoisotopic (exact) mass is 392 g/mol. The van der Waals surface area contributed by atoms with Gasteiger partial charge in [-0.25, -0.2) is 22.3 Å². The molecule has 0 aliphatic carbocycles. The Labute approximate surface area is 157 Å². The van der Waals surface area contributed by atoms with Crippen LogP contribution in [0.3, 0.4) is 0 Å². The van der Waals surface area contributed by atoms with E-state index in [1.54, 1.807) is 24.3 Å². The van der Waals surface area contributed by atoms with Crippen molar-refractivity contribution in [1.82, 2.24) is 9.62 Å². The zero-order valence-corrected chi connectivity index (χ0v) is 15.5. The molecule has 1 fully saturated rings. The van der Waals surface area contributed by atoms with E-state index in [0.29, 0.717) is 25.1 Å². The highest BCUT2D eigenvalue weighted by molar-refractivity contribution is 7.89. The maximum absolute atomic E-state index is 13.3. The summed E-state index contributed by atoms with van der Waals surface area (Å²) in [5, 5.41) is 9.31. The number of piperidine rings is 1. The molecule has 1 atom stereocenters. The van der Waals surface area contributed by atoms with Crippen LogP contribution < -0.4 is 4.72 Å². The Hall–Kier alpha value is -2.29. The maximum Gasteiger partial charge on any atom is 0.336 e. The highest BCUT2D eigenvalue weighted by Gasteiger charge is 2.26. The Morgan fingerprint density at radius 1 is 1.22 bits per heavy atom. The third kappa shape index (κ3) is 4.91. The minimum atomic E-state index is -3.81. The number of halogens is 1. The van der Waals surface area contributed by atoms with Crippen molar-refractivity contribution in [3.63, 3.8) is 0 Å². The van der Waals surface area contributed by atoms with Crippen LogP contribution in [0, 0.1) is 5.82 Å². The van der Waals surface area contributed by atoms with Crippen LogP contribution in [0.4, 0.5) is 4.39 Å². The normalized spacial score (nSPS) is 18.3. The smallest absolute Gasteiger partial charge is 0.336 e. The van der Waals surface area contributed by atoms with Crippen molar-refractivity contribution in [3.05, 3.63) is 65.5 Å². The first kappa shape index (κ1) is 19.5. The molecule has 2 aromatic carbocycles. The molecule has 2 N–H and O–H groups in total. The van der Waals surface area contributed by atoms with E-state index in [4.69, 9.17) is 0 Å². The van der Waals surface area contributed by atoms with Crippen molar-refractivity contribution in [2.45, 2.75) is 30.3 Å². The number of likely N-dealkylation sites (tertiary alicyclic amines) is 1. The number of nitrogens with zero attached hydrogens (tertiary/aromatic N) is 1. The molecule has 0 radical (unpaired) electrons. The van der Waals surface area contributed by atoms with Gasteiger partial charge < -0.3 is 5.11 Å². The first-order valence-electron chi connectivity index (χ1n) is 8.66. The van der Waals surface area contributed by atoms with Crippen molar-refractivity contribution < 1.29 is 22.7 Å². The second kappa shape index (κ2) is 8.16. The molecule has 1 aliphatic rings. The van der Waals surface area contributed by atoms with Crippen LogP contribution in [-0.4, -0.2) is 43.5 Å². The summed E-state index contributed by atoms with van der Waals surface area (Å²) < 4.78 is 40.9. The van der Waals surface area contributed by atoms with Gasteiger partial charge in [-0.2, -0.15) is 0 Å². The number of carbonyl (C=O) groups is 1. The van der Waals surface area contributed by atoms with Gasteiger partial charge in [0, 0.05) is 19.1 Å². The molecule has 0 bridgehead atoms. The largest absolute Gasteiger partial charge is 0.478 e. The Morgan fingerprint density at radius 2 is 2.00 bits per heavy atom. The molecule has 1 aliphatic heterocycles. The zero-order valence-electron chi connectivity index (χ0n) is 14.6. The molecule has 6 nitrogen and oxygen atoms in total. The summed E-state index contributed by atoms with van der Waals surface area (Å²) in [4.78, 5) is 13.3. The highest BCUT2D eigenvalue weighted by atomic mass is 32.2. The number of sulfonamides is 1. The van der Waals surface area contributed by atoms with Crippen molar-refractivity contribution in [1.29, 1.82) is 0 Å². The number of rotatable bonds is 6. The summed E-state index contributed by atoms with van der Waals surface area (Å²) in [6, 6.07) is 11.4. The highest BCUT2D eigenvalue weighted by Crippen LogP contribution is 2.19. The molecule has 1 saturated heterocycles. The average molecular weight is 392 g/mol. The molecule has 3 rings (SSSR count). The number of aromatic carboxylic acids is 1. The summed E-state index contributed by atoms with van der Waals surface area (Å²) in [6.07, 6.45) is 1.46. The van der Waals surface area contributed by atoms with Crippen LogP contribution >= 0.6 is 0 Å². The molecule has 27 heavy (non-hydrogen) atoms. The summed E-state index contributed by atoms with van der Waals surface area (Å²) >= 11 is 0. The lowest BCUT2D eigenvalue weighted by atomic mass is 10.0. The van der Waals surface area contributed by atoms with Crippen LogP contribution in [0.15, 0.2) is 53.4 Å². The van der Waals surface area contributed by atoms with E-state index >= 15 is 0 Å². The van der Waals surface area contributed by atoms with E-state index in [1.807, 2.05) is 4.90 Å². The minimum absolute atomic E-state index is 0.101. The van der Waals surface area contributed by atoms with Gasteiger partial charge >= 0.3 is 5.97 Å². The molecular formula is C19H21FN2O4S. The fourth-order valence-electron chi connectivity index (χ4n) is 3.32. The van der Waals surface area contributed by atoms with E-state index in [-0.39, 0.29) is 16.5 Å². The number of carboxylic acids is 1. The maximum atomic E-state index is 13.3. The van der Waals surface area contributed by atoms with Crippen molar-refractivity contribution in [3.8, 4) is 0 Å². The van der Waals surface area contributed by atoms with Gasteiger partial charge in [0.2, 0.25) is 10.0 Å². The predicted molar refractivity (Wildman–Crippen MR) is 98.4 cm³/mol. The second-order valence-corrected chi connectivity index (χ2v) is 8.33. The molecule has 0 saturated carbocycles. The Balaban J connectivity index is 1.69. The standard InChI is InChI=1S/C19H21FN2O4S/c20-15-6-3-8-17(11-15)27(25,26)21-16-7-4-10-22(13-16)12-14-5-1-2-9-18(14)19(23)24/h1-3,5-6,8-9,11,16,21H,4,7,10,12-13H2,(H,23,24)/t16-/m0/s1. The molecule has 2 aromatic rings. The van der Waals surface area contributed by atoms with Gasteiger partial charge in [0.25, 0.3) is 0 Å². The van der Waals surface area contributed by atoms with Gasteiger partial charge in [0.05, 0.1) is 10.5 Å². The molecule has 1 heterocycles. The molecule has 8 heteroatoms. The predicted octanol–water partition coefficient (Wildman–Crippen LogP) is 2.47.